The predicted octanol–water partition coefficient (Wildman–Crippen LogP) is 3.83. The molecule has 0 saturated carbocycles. The van der Waals surface area contributed by atoms with Gasteiger partial charge in [-0.25, -0.2) is 0 Å². The van der Waals surface area contributed by atoms with Crippen LogP contribution >= 0.6 is 11.6 Å². The second-order valence-corrected chi connectivity index (χ2v) is 4.66. The molecular weight excluding hydrogens is 206 g/mol. The molecule has 0 saturated heterocycles. The van der Waals surface area contributed by atoms with Crippen molar-refractivity contribution in [1.82, 2.24) is 5.32 Å². The molecule has 1 unspecified atom stereocenters. The fraction of sp³-hybridized carbons (Fsp3) is 0.538. The first-order valence-electron chi connectivity index (χ1n) is 5.62. The van der Waals surface area contributed by atoms with Crippen LogP contribution in [0.2, 0.25) is 5.02 Å². The van der Waals surface area contributed by atoms with Crippen LogP contribution in [0.5, 0.6) is 0 Å². The van der Waals surface area contributed by atoms with Crippen molar-refractivity contribution in [3.05, 3.63) is 34.9 Å². The van der Waals surface area contributed by atoms with Crippen molar-refractivity contribution >= 4 is 11.6 Å². The molecule has 1 N–H and O–H groups in total. The van der Waals surface area contributed by atoms with Gasteiger partial charge in [0, 0.05) is 17.6 Å². The first-order chi connectivity index (χ1) is 7.13. The van der Waals surface area contributed by atoms with Gasteiger partial charge in [0.25, 0.3) is 0 Å². The van der Waals surface area contributed by atoms with Crippen LogP contribution in [0, 0.1) is 0 Å². The number of hydrogen-bond donors (Lipinski definition) is 1. The smallest absolute Gasteiger partial charge is 0.0406 e. The van der Waals surface area contributed by atoms with Crippen LogP contribution < -0.4 is 5.32 Å². The highest BCUT2D eigenvalue weighted by Gasteiger charge is 2.09. The van der Waals surface area contributed by atoms with E-state index in [1.807, 2.05) is 12.1 Å². The summed E-state index contributed by atoms with van der Waals surface area (Å²) in [6, 6.07) is 8.73. The molecule has 0 heterocycles. The Morgan fingerprint density at radius 1 is 1.20 bits per heavy atom. The van der Waals surface area contributed by atoms with Gasteiger partial charge < -0.3 is 5.32 Å². The summed E-state index contributed by atoms with van der Waals surface area (Å²) in [4.78, 5) is 0. The first kappa shape index (κ1) is 12.5. The van der Waals surface area contributed by atoms with Crippen molar-refractivity contribution in [3.63, 3.8) is 0 Å². The van der Waals surface area contributed by atoms with Crippen LogP contribution in [-0.4, -0.2) is 12.6 Å². The van der Waals surface area contributed by atoms with Gasteiger partial charge in [-0.1, -0.05) is 44.5 Å². The highest BCUT2D eigenvalue weighted by Crippen LogP contribution is 2.20. The lowest BCUT2D eigenvalue weighted by atomic mass is 9.96. The van der Waals surface area contributed by atoms with Gasteiger partial charge >= 0.3 is 0 Å². The molecule has 1 atom stereocenters. The molecule has 1 aromatic carbocycles. The molecule has 0 spiro atoms. The fourth-order valence-electron chi connectivity index (χ4n) is 1.61. The van der Waals surface area contributed by atoms with Gasteiger partial charge in [0.05, 0.1) is 0 Å². The molecule has 0 aliphatic carbocycles. The Bertz CT molecular complexity index is 279. The third-order valence-electron chi connectivity index (χ3n) is 2.61. The maximum absolute atomic E-state index is 5.87. The van der Waals surface area contributed by atoms with E-state index >= 15 is 0 Å². The number of nitrogens with one attached hydrogen (secondary N) is 1. The van der Waals surface area contributed by atoms with Crippen LogP contribution in [-0.2, 0) is 0 Å². The van der Waals surface area contributed by atoms with E-state index in [-0.39, 0.29) is 0 Å². The highest BCUT2D eigenvalue weighted by molar-refractivity contribution is 6.30. The lowest BCUT2D eigenvalue weighted by Gasteiger charge is -2.18. The maximum atomic E-state index is 5.87. The maximum Gasteiger partial charge on any atom is 0.0406 e. The van der Waals surface area contributed by atoms with Crippen LogP contribution in [0.15, 0.2) is 24.3 Å². The minimum atomic E-state index is 0.548. The third-order valence-corrected chi connectivity index (χ3v) is 2.86. The number of halogens is 1. The zero-order valence-electron chi connectivity index (χ0n) is 9.76. The zero-order valence-corrected chi connectivity index (χ0v) is 10.5. The first-order valence-corrected chi connectivity index (χ1v) is 6.00. The Morgan fingerprint density at radius 3 is 2.27 bits per heavy atom. The predicted molar refractivity (Wildman–Crippen MR) is 67.6 cm³/mol. The van der Waals surface area contributed by atoms with E-state index in [2.05, 4.69) is 38.2 Å². The molecule has 15 heavy (non-hydrogen) atoms. The molecule has 0 bridgehead atoms. The van der Waals surface area contributed by atoms with Gasteiger partial charge in [-0.3, -0.25) is 0 Å². The second-order valence-electron chi connectivity index (χ2n) is 4.22. The number of benzene rings is 1. The van der Waals surface area contributed by atoms with Gasteiger partial charge in [0.1, 0.15) is 0 Å². The van der Waals surface area contributed by atoms with Crippen molar-refractivity contribution in [2.45, 2.75) is 39.2 Å². The van der Waals surface area contributed by atoms with E-state index in [4.69, 9.17) is 11.6 Å². The van der Waals surface area contributed by atoms with Crippen molar-refractivity contribution < 1.29 is 0 Å². The minimum absolute atomic E-state index is 0.548. The van der Waals surface area contributed by atoms with E-state index < -0.39 is 0 Å². The van der Waals surface area contributed by atoms with E-state index in [1.165, 1.54) is 5.56 Å². The summed E-state index contributed by atoms with van der Waals surface area (Å²) >= 11 is 5.87. The Morgan fingerprint density at radius 2 is 1.80 bits per heavy atom. The molecule has 0 fully saturated rings. The van der Waals surface area contributed by atoms with Crippen LogP contribution in [0.25, 0.3) is 0 Å². The monoisotopic (exact) mass is 225 g/mol. The van der Waals surface area contributed by atoms with Gasteiger partial charge in [-0.15, -0.1) is 0 Å². The van der Waals surface area contributed by atoms with Gasteiger partial charge in [0.2, 0.25) is 0 Å². The van der Waals surface area contributed by atoms with Gasteiger partial charge in [0.15, 0.2) is 0 Å². The van der Waals surface area contributed by atoms with Crippen LogP contribution in [0.1, 0.15) is 38.7 Å². The molecule has 0 radical (unpaired) electrons. The molecule has 1 aromatic rings. The molecule has 2 heteroatoms. The highest BCUT2D eigenvalue weighted by atomic mass is 35.5. The summed E-state index contributed by atoms with van der Waals surface area (Å²) in [6.45, 7) is 7.61. The van der Waals surface area contributed by atoms with E-state index in [0.29, 0.717) is 12.0 Å². The molecule has 1 rings (SSSR count). The largest absolute Gasteiger partial charge is 0.314 e. The Kier molecular flexibility index (Phi) is 5.13. The molecule has 84 valence electrons. The van der Waals surface area contributed by atoms with Crippen molar-refractivity contribution in [2.75, 3.05) is 6.54 Å². The minimum Gasteiger partial charge on any atom is -0.314 e. The van der Waals surface area contributed by atoms with Crippen molar-refractivity contribution in [1.29, 1.82) is 0 Å². The lowest BCUT2D eigenvalue weighted by Crippen LogP contribution is -2.27. The molecular formula is C13H20ClN. The molecule has 0 aliphatic rings. The SMILES string of the molecule is CCC(CNC(C)C)c1ccc(Cl)cc1. The molecule has 1 nitrogen and oxygen atoms in total. The molecule has 0 aliphatic heterocycles. The summed E-state index contributed by atoms with van der Waals surface area (Å²) in [7, 11) is 0. The third kappa shape index (κ3) is 4.23. The Hall–Kier alpha value is -0.530. The lowest BCUT2D eigenvalue weighted by molar-refractivity contribution is 0.520. The van der Waals surface area contributed by atoms with E-state index in [1.54, 1.807) is 0 Å². The van der Waals surface area contributed by atoms with E-state index in [0.717, 1.165) is 18.0 Å². The average molecular weight is 226 g/mol. The van der Waals surface area contributed by atoms with Gasteiger partial charge in [-0.05, 0) is 30.0 Å². The summed E-state index contributed by atoms with van der Waals surface area (Å²) in [5.41, 5.74) is 1.37. The normalized spacial score (nSPS) is 13.1. The van der Waals surface area contributed by atoms with Crippen LogP contribution in [0.4, 0.5) is 0 Å². The van der Waals surface area contributed by atoms with Crippen LogP contribution in [0.3, 0.4) is 0 Å². The summed E-state index contributed by atoms with van der Waals surface area (Å²) in [5.74, 6) is 0.588. The quantitative estimate of drug-likeness (QED) is 0.803. The summed E-state index contributed by atoms with van der Waals surface area (Å²) < 4.78 is 0. The molecule has 0 amide bonds. The van der Waals surface area contributed by atoms with Crippen molar-refractivity contribution in [3.8, 4) is 0 Å². The standard InChI is InChI=1S/C13H20ClN/c1-4-11(9-15-10(2)3)12-5-7-13(14)8-6-12/h5-8,10-11,15H,4,9H2,1-3H3. The Labute approximate surface area is 97.8 Å². The second kappa shape index (κ2) is 6.14. The van der Waals surface area contributed by atoms with Gasteiger partial charge in [-0.2, -0.15) is 0 Å². The number of hydrogen-bond acceptors (Lipinski definition) is 1. The summed E-state index contributed by atoms with van der Waals surface area (Å²) in [5, 5.41) is 4.29. The molecule has 0 aromatic heterocycles. The van der Waals surface area contributed by atoms with Crippen molar-refractivity contribution in [2.24, 2.45) is 0 Å². The Balaban J connectivity index is 2.61. The fourth-order valence-corrected chi connectivity index (χ4v) is 1.74. The number of rotatable bonds is 5. The topological polar surface area (TPSA) is 12.0 Å². The zero-order chi connectivity index (χ0) is 11.3. The average Bonchev–Trinajstić information content (AvgIpc) is 2.21. The summed E-state index contributed by atoms with van der Waals surface area (Å²) in [6.07, 6.45) is 1.15. The van der Waals surface area contributed by atoms with E-state index in [9.17, 15) is 0 Å².